The number of fused-ring (bicyclic) bond motifs is 3. The van der Waals surface area contributed by atoms with Gasteiger partial charge in [0.05, 0.1) is 16.5 Å². The van der Waals surface area contributed by atoms with Crippen molar-refractivity contribution < 1.29 is 19.5 Å². The molecule has 12 heteroatoms. The number of anilines is 2. The molecule has 0 unspecified atom stereocenters. The second kappa shape index (κ2) is 9.19. The quantitative estimate of drug-likeness (QED) is 0.319. The first kappa shape index (κ1) is 23.7. The number of benzene rings is 1. The molecule has 1 saturated heterocycles. The van der Waals surface area contributed by atoms with E-state index in [2.05, 4.69) is 36.2 Å². The number of nitrogens with one attached hydrogen (secondary N) is 1. The van der Waals surface area contributed by atoms with Crippen LogP contribution in [0.25, 0.3) is 21.9 Å². The molecule has 5 rings (SSSR count). The maximum atomic E-state index is 13.6. The van der Waals surface area contributed by atoms with Crippen LogP contribution >= 0.6 is 15.9 Å². The highest BCUT2D eigenvalue weighted by Crippen LogP contribution is 2.34. The Hall–Kier alpha value is -4.06. The Morgan fingerprint density at radius 1 is 1.14 bits per heavy atom. The van der Waals surface area contributed by atoms with Gasteiger partial charge in [-0.25, -0.2) is 19.7 Å². The average molecular weight is 552 g/mol. The average Bonchev–Trinajstić information content (AvgIpc) is 3.38. The summed E-state index contributed by atoms with van der Waals surface area (Å²) in [6.07, 6.45) is 2.46. The minimum absolute atomic E-state index is 0.0403. The summed E-state index contributed by atoms with van der Waals surface area (Å²) in [6.45, 7) is 1.75. The van der Waals surface area contributed by atoms with Crippen molar-refractivity contribution >= 4 is 67.3 Å². The third-order valence-electron chi connectivity index (χ3n) is 6.44. The van der Waals surface area contributed by atoms with Gasteiger partial charge in [0.25, 0.3) is 0 Å². The Kier molecular flexibility index (Phi) is 6.04. The molecule has 3 aromatic heterocycles. The first-order valence-corrected chi connectivity index (χ1v) is 12.0. The number of halogens is 1. The van der Waals surface area contributed by atoms with Crippen molar-refractivity contribution in [3.8, 4) is 0 Å². The summed E-state index contributed by atoms with van der Waals surface area (Å²) in [5, 5.41) is 13.3. The van der Waals surface area contributed by atoms with E-state index in [0.717, 1.165) is 0 Å². The standard InChI is InChI=1S/C24H22BrN7O4/c1-12-8-9-15(23(34)30-17-7-3-6-16(25)29-17)32(12)18(33)10-31-14-5-2-4-13(24(35)36)19(14)20-21(26)27-11-28-22(20)31/h2-7,11-12,15H,8-10H2,1H3,(H,35,36)(H2,26,27,28)(H,29,30,34)/t12-,15+/m1/s1. The summed E-state index contributed by atoms with van der Waals surface area (Å²) in [7, 11) is 0. The smallest absolute Gasteiger partial charge is 0.336 e. The number of nitrogen functional groups attached to an aromatic ring is 1. The first-order chi connectivity index (χ1) is 17.3. The number of carboxylic acids is 1. The van der Waals surface area contributed by atoms with Gasteiger partial charge in [0.1, 0.15) is 40.8 Å². The number of rotatable bonds is 5. The second-order valence-corrected chi connectivity index (χ2v) is 9.44. The van der Waals surface area contributed by atoms with Crippen molar-refractivity contribution in [2.75, 3.05) is 11.1 Å². The third-order valence-corrected chi connectivity index (χ3v) is 6.89. The second-order valence-electron chi connectivity index (χ2n) is 8.63. The highest BCUT2D eigenvalue weighted by molar-refractivity contribution is 9.10. The monoisotopic (exact) mass is 551 g/mol. The van der Waals surface area contributed by atoms with Crippen LogP contribution in [0.15, 0.2) is 47.3 Å². The maximum Gasteiger partial charge on any atom is 0.336 e. The molecule has 0 aliphatic carbocycles. The minimum Gasteiger partial charge on any atom is -0.478 e. The van der Waals surface area contributed by atoms with Crippen molar-refractivity contribution in [2.24, 2.45) is 0 Å². The van der Waals surface area contributed by atoms with Crippen molar-refractivity contribution in [1.29, 1.82) is 0 Å². The Morgan fingerprint density at radius 3 is 2.67 bits per heavy atom. The van der Waals surface area contributed by atoms with Gasteiger partial charge >= 0.3 is 5.97 Å². The number of nitrogens with zero attached hydrogens (tertiary/aromatic N) is 5. The number of amides is 2. The summed E-state index contributed by atoms with van der Waals surface area (Å²) in [4.78, 5) is 52.8. The summed E-state index contributed by atoms with van der Waals surface area (Å²) < 4.78 is 2.22. The number of aromatic nitrogens is 4. The molecule has 0 bridgehead atoms. The normalized spacial score (nSPS) is 17.6. The van der Waals surface area contributed by atoms with Gasteiger partial charge in [-0.1, -0.05) is 12.1 Å². The molecule has 4 aromatic rings. The molecule has 1 aliphatic rings. The van der Waals surface area contributed by atoms with E-state index in [1.165, 1.54) is 12.4 Å². The number of pyridine rings is 1. The van der Waals surface area contributed by atoms with E-state index in [1.54, 1.807) is 39.8 Å². The van der Waals surface area contributed by atoms with E-state index in [4.69, 9.17) is 5.73 Å². The molecule has 1 aliphatic heterocycles. The SMILES string of the molecule is C[C@@H]1CC[C@@H](C(=O)Nc2cccc(Br)n2)N1C(=O)Cn1c2cccc(C(=O)O)c2c2c(N)ncnc21. The van der Waals surface area contributed by atoms with Gasteiger partial charge < -0.3 is 25.6 Å². The molecule has 0 spiro atoms. The molecule has 2 atom stereocenters. The summed E-state index contributed by atoms with van der Waals surface area (Å²) in [5.41, 5.74) is 7.00. The third kappa shape index (κ3) is 4.02. The van der Waals surface area contributed by atoms with Crippen LogP contribution in [-0.4, -0.2) is 59.4 Å². The fourth-order valence-electron chi connectivity index (χ4n) is 4.88. The Morgan fingerprint density at radius 2 is 1.92 bits per heavy atom. The largest absolute Gasteiger partial charge is 0.478 e. The minimum atomic E-state index is -1.12. The highest BCUT2D eigenvalue weighted by Gasteiger charge is 2.39. The number of hydrogen-bond acceptors (Lipinski definition) is 7. The number of carboxylic acid groups (broad SMARTS) is 1. The van der Waals surface area contributed by atoms with Gasteiger partial charge in [-0.2, -0.15) is 0 Å². The number of likely N-dealkylation sites (tertiary alicyclic amines) is 1. The van der Waals surface area contributed by atoms with Crippen LogP contribution in [0.3, 0.4) is 0 Å². The van der Waals surface area contributed by atoms with Gasteiger partial charge in [-0.05, 0) is 60.0 Å². The fraction of sp³-hybridized carbons (Fsp3) is 0.250. The zero-order chi connectivity index (χ0) is 25.6. The Balaban J connectivity index is 1.51. The lowest BCUT2D eigenvalue weighted by Crippen LogP contribution is -2.47. The Labute approximate surface area is 213 Å². The number of carbonyl (C=O) groups excluding carboxylic acids is 2. The van der Waals surface area contributed by atoms with E-state index < -0.39 is 12.0 Å². The van der Waals surface area contributed by atoms with Crippen LogP contribution in [0.1, 0.15) is 30.1 Å². The van der Waals surface area contributed by atoms with E-state index in [1.807, 2.05) is 6.92 Å². The maximum absolute atomic E-state index is 13.6. The van der Waals surface area contributed by atoms with Crippen LogP contribution in [-0.2, 0) is 16.1 Å². The Bertz CT molecular complexity index is 1540. The fourth-order valence-corrected chi connectivity index (χ4v) is 5.22. The summed E-state index contributed by atoms with van der Waals surface area (Å²) in [5.74, 6) is -1.23. The topological polar surface area (TPSA) is 156 Å². The van der Waals surface area contributed by atoms with Crippen LogP contribution in [0, 0.1) is 0 Å². The van der Waals surface area contributed by atoms with E-state index >= 15 is 0 Å². The van der Waals surface area contributed by atoms with E-state index in [9.17, 15) is 19.5 Å². The number of aromatic carboxylic acids is 1. The van der Waals surface area contributed by atoms with Crippen molar-refractivity contribution in [1.82, 2.24) is 24.4 Å². The predicted octanol–water partition coefficient (Wildman–Crippen LogP) is 3.04. The van der Waals surface area contributed by atoms with Gasteiger partial charge in [-0.15, -0.1) is 0 Å². The van der Waals surface area contributed by atoms with Crippen molar-refractivity contribution in [3.63, 3.8) is 0 Å². The lowest BCUT2D eigenvalue weighted by Gasteiger charge is -2.28. The van der Waals surface area contributed by atoms with Crippen LogP contribution in [0.2, 0.25) is 0 Å². The summed E-state index contributed by atoms with van der Waals surface area (Å²) >= 11 is 3.29. The lowest BCUT2D eigenvalue weighted by atomic mass is 10.1. The molecule has 0 saturated carbocycles. The molecule has 0 radical (unpaired) electrons. The number of nitrogens with two attached hydrogens (primary N) is 1. The molecule has 1 aromatic carbocycles. The zero-order valence-corrected chi connectivity index (χ0v) is 20.8. The van der Waals surface area contributed by atoms with Crippen LogP contribution in [0.5, 0.6) is 0 Å². The molecule has 36 heavy (non-hydrogen) atoms. The van der Waals surface area contributed by atoms with Gasteiger partial charge in [0.2, 0.25) is 11.8 Å². The van der Waals surface area contributed by atoms with Crippen molar-refractivity contribution in [2.45, 2.75) is 38.4 Å². The molecular formula is C24H22BrN7O4. The number of carbonyl (C=O) groups is 3. The lowest BCUT2D eigenvalue weighted by molar-refractivity contribution is -0.138. The highest BCUT2D eigenvalue weighted by atomic mass is 79.9. The van der Waals surface area contributed by atoms with Crippen LogP contribution < -0.4 is 11.1 Å². The summed E-state index contributed by atoms with van der Waals surface area (Å²) in [6, 6.07) is 9.15. The predicted molar refractivity (Wildman–Crippen MR) is 136 cm³/mol. The molecule has 1 fully saturated rings. The van der Waals surface area contributed by atoms with Gasteiger partial charge in [-0.3, -0.25) is 9.59 Å². The molecule has 2 amide bonds. The molecule has 11 nitrogen and oxygen atoms in total. The van der Waals surface area contributed by atoms with E-state index in [0.29, 0.717) is 45.2 Å². The van der Waals surface area contributed by atoms with E-state index in [-0.39, 0.29) is 35.8 Å². The first-order valence-electron chi connectivity index (χ1n) is 11.3. The molecular weight excluding hydrogens is 530 g/mol. The van der Waals surface area contributed by atoms with Gasteiger partial charge in [0.15, 0.2) is 0 Å². The number of hydrogen-bond donors (Lipinski definition) is 3. The van der Waals surface area contributed by atoms with Gasteiger partial charge in [0, 0.05) is 11.4 Å². The molecule has 4 heterocycles. The molecule has 4 N–H and O–H groups in total. The molecule has 184 valence electrons. The van der Waals surface area contributed by atoms with Crippen LogP contribution in [0.4, 0.5) is 11.6 Å². The zero-order valence-electron chi connectivity index (χ0n) is 19.2. The van der Waals surface area contributed by atoms with Crippen molar-refractivity contribution in [3.05, 3.63) is 52.9 Å².